The molecule has 0 radical (unpaired) electrons. The van der Waals surface area contributed by atoms with Crippen LogP contribution in [-0.4, -0.2) is 56.0 Å². The van der Waals surface area contributed by atoms with Crippen molar-refractivity contribution >= 4 is 17.7 Å². The Balaban J connectivity index is 1.60. The first-order valence-electron chi connectivity index (χ1n) is 8.75. The summed E-state index contributed by atoms with van der Waals surface area (Å²) in [5.41, 5.74) is 1.49. The van der Waals surface area contributed by atoms with E-state index in [0.717, 1.165) is 50.7 Å². The maximum atomic E-state index is 11.9. The Morgan fingerprint density at radius 2 is 1.88 bits per heavy atom. The minimum atomic E-state index is 0.113. The molecule has 1 aromatic rings. The van der Waals surface area contributed by atoms with Crippen molar-refractivity contribution in [3.8, 4) is 0 Å². The van der Waals surface area contributed by atoms with Crippen molar-refractivity contribution in [2.75, 3.05) is 45.1 Å². The first kappa shape index (κ1) is 19.3. The highest BCUT2D eigenvalue weighted by Crippen LogP contribution is 2.25. The molecule has 0 aromatic heterocycles. The summed E-state index contributed by atoms with van der Waals surface area (Å²) in [7, 11) is 0. The lowest BCUT2D eigenvalue weighted by Gasteiger charge is -2.26. The number of rotatable bonds is 7. The molecule has 0 atom stereocenters. The summed E-state index contributed by atoms with van der Waals surface area (Å²) in [6.45, 7) is 12.1. The molecule has 24 heavy (non-hydrogen) atoms. The molecule has 1 N–H and O–H groups in total. The Hall–Kier alpha value is -1.04. The second kappa shape index (κ2) is 9.44. The SMILES string of the molecule is CC(C)(C)c1ccc(SCC(=O)NCCCN2CCOCC2)cc1. The molecule has 1 heterocycles. The second-order valence-electron chi connectivity index (χ2n) is 7.22. The molecule has 1 amide bonds. The first-order chi connectivity index (χ1) is 11.4. The number of ether oxygens (including phenoxy) is 1. The lowest BCUT2D eigenvalue weighted by atomic mass is 9.87. The van der Waals surface area contributed by atoms with Crippen LogP contribution >= 0.6 is 11.8 Å². The van der Waals surface area contributed by atoms with Gasteiger partial charge in [-0.1, -0.05) is 32.9 Å². The Bertz CT molecular complexity index is 505. The van der Waals surface area contributed by atoms with Gasteiger partial charge in [0.2, 0.25) is 5.91 Å². The van der Waals surface area contributed by atoms with Crippen molar-refractivity contribution in [2.24, 2.45) is 0 Å². The highest BCUT2D eigenvalue weighted by molar-refractivity contribution is 8.00. The van der Waals surface area contributed by atoms with Crippen LogP contribution in [0.15, 0.2) is 29.2 Å². The molecule has 1 aliphatic rings. The van der Waals surface area contributed by atoms with Gasteiger partial charge in [-0.3, -0.25) is 9.69 Å². The van der Waals surface area contributed by atoms with E-state index in [4.69, 9.17) is 4.74 Å². The van der Waals surface area contributed by atoms with E-state index in [1.807, 2.05) is 0 Å². The highest BCUT2D eigenvalue weighted by Gasteiger charge is 2.13. The largest absolute Gasteiger partial charge is 0.379 e. The summed E-state index contributed by atoms with van der Waals surface area (Å²) in [5, 5.41) is 3.01. The number of carbonyl (C=O) groups excluding carboxylic acids is 1. The van der Waals surface area contributed by atoms with E-state index in [2.05, 4.69) is 55.3 Å². The molecule has 0 saturated carbocycles. The van der Waals surface area contributed by atoms with E-state index >= 15 is 0 Å². The molecule has 0 aliphatic carbocycles. The van der Waals surface area contributed by atoms with Crippen molar-refractivity contribution in [1.82, 2.24) is 10.2 Å². The Morgan fingerprint density at radius 3 is 2.50 bits per heavy atom. The Morgan fingerprint density at radius 1 is 1.21 bits per heavy atom. The van der Waals surface area contributed by atoms with Crippen molar-refractivity contribution in [2.45, 2.75) is 37.5 Å². The minimum Gasteiger partial charge on any atom is -0.379 e. The quantitative estimate of drug-likeness (QED) is 0.606. The average Bonchev–Trinajstić information content (AvgIpc) is 2.57. The van der Waals surface area contributed by atoms with Gasteiger partial charge in [0.1, 0.15) is 0 Å². The van der Waals surface area contributed by atoms with Gasteiger partial charge in [-0.25, -0.2) is 0 Å². The molecule has 5 heteroatoms. The fourth-order valence-corrected chi connectivity index (χ4v) is 3.33. The third-order valence-electron chi connectivity index (χ3n) is 4.17. The summed E-state index contributed by atoms with van der Waals surface area (Å²) in [5.74, 6) is 0.591. The lowest BCUT2D eigenvalue weighted by molar-refractivity contribution is -0.118. The van der Waals surface area contributed by atoms with E-state index in [1.165, 1.54) is 5.56 Å². The fraction of sp³-hybridized carbons (Fsp3) is 0.632. The number of carbonyl (C=O) groups is 1. The van der Waals surface area contributed by atoms with Crippen molar-refractivity contribution in [3.05, 3.63) is 29.8 Å². The summed E-state index contributed by atoms with van der Waals surface area (Å²) >= 11 is 1.59. The van der Waals surface area contributed by atoms with Crippen LogP contribution in [0.1, 0.15) is 32.8 Å². The summed E-state index contributed by atoms with van der Waals surface area (Å²) in [4.78, 5) is 15.5. The molecule has 0 unspecified atom stereocenters. The van der Waals surface area contributed by atoms with Gasteiger partial charge >= 0.3 is 0 Å². The lowest BCUT2D eigenvalue weighted by Crippen LogP contribution is -2.38. The predicted octanol–water partition coefficient (Wildman–Crippen LogP) is 2.91. The van der Waals surface area contributed by atoms with Gasteiger partial charge in [-0.2, -0.15) is 0 Å². The third kappa shape index (κ3) is 6.83. The molecular weight excluding hydrogens is 320 g/mol. The van der Waals surface area contributed by atoms with Gasteiger partial charge in [-0.15, -0.1) is 11.8 Å². The molecule has 1 aromatic carbocycles. The molecule has 4 nitrogen and oxygen atoms in total. The summed E-state index contributed by atoms with van der Waals surface area (Å²) in [6.07, 6.45) is 0.997. The number of benzene rings is 1. The Labute approximate surface area is 150 Å². The molecule has 0 bridgehead atoms. The van der Waals surface area contributed by atoms with E-state index in [9.17, 15) is 4.79 Å². The minimum absolute atomic E-state index is 0.113. The van der Waals surface area contributed by atoms with Crippen LogP contribution in [0, 0.1) is 0 Å². The molecule has 2 rings (SSSR count). The number of hydrogen-bond acceptors (Lipinski definition) is 4. The topological polar surface area (TPSA) is 41.6 Å². The van der Waals surface area contributed by atoms with Crippen LogP contribution in [0.2, 0.25) is 0 Å². The van der Waals surface area contributed by atoms with Crippen LogP contribution in [-0.2, 0) is 14.9 Å². The molecule has 1 aliphatic heterocycles. The van der Waals surface area contributed by atoms with Crippen LogP contribution in [0.3, 0.4) is 0 Å². The van der Waals surface area contributed by atoms with Gasteiger partial charge in [0.25, 0.3) is 0 Å². The smallest absolute Gasteiger partial charge is 0.230 e. The first-order valence-corrected chi connectivity index (χ1v) is 9.74. The standard InChI is InChI=1S/C19H30N2O2S/c1-19(2,3)16-5-7-17(8-6-16)24-15-18(22)20-9-4-10-21-11-13-23-14-12-21/h5-8H,4,9-15H2,1-3H3,(H,20,22). The summed E-state index contributed by atoms with van der Waals surface area (Å²) < 4.78 is 5.33. The van der Waals surface area contributed by atoms with Crippen molar-refractivity contribution in [1.29, 1.82) is 0 Å². The second-order valence-corrected chi connectivity index (χ2v) is 8.27. The molecule has 134 valence electrons. The van der Waals surface area contributed by atoms with E-state index < -0.39 is 0 Å². The number of morpholine rings is 1. The predicted molar refractivity (Wildman–Crippen MR) is 101 cm³/mol. The summed E-state index contributed by atoms with van der Waals surface area (Å²) in [6, 6.07) is 8.53. The third-order valence-corrected chi connectivity index (χ3v) is 5.18. The number of nitrogens with zero attached hydrogens (tertiary/aromatic N) is 1. The van der Waals surface area contributed by atoms with E-state index in [0.29, 0.717) is 5.75 Å². The Kier molecular flexibility index (Phi) is 7.59. The average molecular weight is 351 g/mol. The van der Waals surface area contributed by atoms with Crippen molar-refractivity contribution in [3.63, 3.8) is 0 Å². The number of nitrogens with one attached hydrogen (secondary N) is 1. The molecule has 1 saturated heterocycles. The number of hydrogen-bond donors (Lipinski definition) is 1. The van der Waals surface area contributed by atoms with Crippen LogP contribution in [0.4, 0.5) is 0 Å². The number of amides is 1. The zero-order chi connectivity index (χ0) is 17.4. The van der Waals surface area contributed by atoms with Gasteiger partial charge in [0.05, 0.1) is 19.0 Å². The van der Waals surface area contributed by atoms with Gasteiger partial charge in [-0.05, 0) is 36.1 Å². The van der Waals surface area contributed by atoms with Crippen LogP contribution in [0.25, 0.3) is 0 Å². The highest BCUT2D eigenvalue weighted by atomic mass is 32.2. The molecule has 0 spiro atoms. The molecular formula is C19H30N2O2S. The van der Waals surface area contributed by atoms with Gasteiger partial charge in [0.15, 0.2) is 0 Å². The maximum Gasteiger partial charge on any atom is 0.230 e. The maximum absolute atomic E-state index is 11.9. The van der Waals surface area contributed by atoms with E-state index in [-0.39, 0.29) is 11.3 Å². The normalized spacial score (nSPS) is 16.1. The molecule has 1 fully saturated rings. The zero-order valence-corrected chi connectivity index (χ0v) is 16.0. The van der Waals surface area contributed by atoms with E-state index in [1.54, 1.807) is 11.8 Å². The fourth-order valence-electron chi connectivity index (χ4n) is 2.61. The monoisotopic (exact) mass is 350 g/mol. The van der Waals surface area contributed by atoms with Crippen molar-refractivity contribution < 1.29 is 9.53 Å². The number of thioether (sulfide) groups is 1. The van der Waals surface area contributed by atoms with Gasteiger partial charge < -0.3 is 10.1 Å². The van der Waals surface area contributed by atoms with Crippen LogP contribution < -0.4 is 5.32 Å². The zero-order valence-electron chi connectivity index (χ0n) is 15.1. The van der Waals surface area contributed by atoms with Crippen LogP contribution in [0.5, 0.6) is 0 Å². The van der Waals surface area contributed by atoms with Gasteiger partial charge in [0, 0.05) is 24.5 Å².